The molecule has 3 nitrogen and oxygen atoms in total. The average molecular weight is 281 g/mol. The van der Waals surface area contributed by atoms with Gasteiger partial charge in [0.25, 0.3) is 0 Å². The minimum atomic E-state index is -0.296. The average Bonchev–Trinajstić information content (AvgIpc) is 2.85. The number of nitrogens with two attached hydrogens (primary N) is 1. The molecule has 0 saturated carbocycles. The third kappa shape index (κ3) is 3.64. The topological polar surface area (TPSA) is 41.3 Å². The predicted molar refractivity (Wildman–Crippen MR) is 81.0 cm³/mol. The number of rotatable bonds is 5. The highest BCUT2D eigenvalue weighted by Gasteiger charge is 2.20. The molecule has 1 heterocycles. The van der Waals surface area contributed by atoms with E-state index in [0.717, 1.165) is 26.2 Å². The Morgan fingerprint density at radius 3 is 2.95 bits per heavy atom. The molecule has 1 saturated heterocycles. The van der Waals surface area contributed by atoms with Crippen molar-refractivity contribution < 1.29 is 4.39 Å². The van der Waals surface area contributed by atoms with E-state index >= 15 is 0 Å². The predicted octanol–water partition coefficient (Wildman–Crippen LogP) is 2.21. The maximum absolute atomic E-state index is 13.8. The summed E-state index contributed by atoms with van der Waals surface area (Å²) in [5.74, 6) is 0.297. The lowest BCUT2D eigenvalue weighted by molar-refractivity contribution is 0.345. The zero-order chi connectivity index (χ0) is 13.8. The Morgan fingerprint density at radius 2 is 2.37 bits per heavy atom. The van der Waals surface area contributed by atoms with Gasteiger partial charge in [-0.15, -0.1) is 0 Å². The van der Waals surface area contributed by atoms with Crippen LogP contribution in [0.3, 0.4) is 0 Å². The van der Waals surface area contributed by atoms with Gasteiger partial charge in [-0.25, -0.2) is 4.39 Å². The zero-order valence-corrected chi connectivity index (χ0v) is 12.0. The Bertz CT molecular complexity index is 464. The summed E-state index contributed by atoms with van der Waals surface area (Å²) >= 11 is 4.83. The van der Waals surface area contributed by atoms with E-state index in [1.54, 1.807) is 12.1 Å². The van der Waals surface area contributed by atoms with Gasteiger partial charge in [-0.1, -0.05) is 19.1 Å². The van der Waals surface area contributed by atoms with Crippen LogP contribution in [0.4, 0.5) is 10.1 Å². The van der Waals surface area contributed by atoms with Gasteiger partial charge in [-0.05, 0) is 43.6 Å². The summed E-state index contributed by atoms with van der Waals surface area (Å²) in [5, 5.41) is 3.18. The SMILES string of the molecule is CCN1CCC(CNc2ccc(C(N)=S)cc2F)C1. The van der Waals surface area contributed by atoms with E-state index in [2.05, 4.69) is 17.1 Å². The first kappa shape index (κ1) is 14.2. The highest BCUT2D eigenvalue weighted by molar-refractivity contribution is 7.80. The van der Waals surface area contributed by atoms with Crippen LogP contribution in [-0.2, 0) is 0 Å². The van der Waals surface area contributed by atoms with Crippen molar-refractivity contribution in [3.05, 3.63) is 29.6 Å². The van der Waals surface area contributed by atoms with Crippen LogP contribution < -0.4 is 11.1 Å². The molecule has 0 spiro atoms. The Kier molecular flexibility index (Phi) is 4.71. The summed E-state index contributed by atoms with van der Waals surface area (Å²) in [7, 11) is 0. The van der Waals surface area contributed by atoms with Crippen molar-refractivity contribution in [2.45, 2.75) is 13.3 Å². The number of likely N-dealkylation sites (tertiary alicyclic amines) is 1. The van der Waals surface area contributed by atoms with Crippen LogP contribution in [0, 0.1) is 11.7 Å². The Hall–Kier alpha value is -1.20. The fourth-order valence-corrected chi connectivity index (χ4v) is 2.56. The van der Waals surface area contributed by atoms with Crippen molar-refractivity contribution in [1.29, 1.82) is 0 Å². The summed E-state index contributed by atoms with van der Waals surface area (Å²) < 4.78 is 13.8. The molecular weight excluding hydrogens is 261 g/mol. The summed E-state index contributed by atoms with van der Waals surface area (Å²) in [6.07, 6.45) is 1.17. The molecule has 0 aromatic heterocycles. The van der Waals surface area contributed by atoms with Crippen molar-refractivity contribution in [3.8, 4) is 0 Å². The van der Waals surface area contributed by atoms with Gasteiger partial charge in [0, 0.05) is 18.7 Å². The first-order valence-electron chi connectivity index (χ1n) is 6.65. The summed E-state index contributed by atoms with van der Waals surface area (Å²) in [5.41, 5.74) is 6.56. The fourth-order valence-electron chi connectivity index (χ4n) is 2.43. The smallest absolute Gasteiger partial charge is 0.146 e. The second kappa shape index (κ2) is 6.30. The normalized spacial score (nSPS) is 19.6. The molecule has 1 aliphatic rings. The maximum Gasteiger partial charge on any atom is 0.146 e. The fraction of sp³-hybridized carbons (Fsp3) is 0.500. The molecule has 1 aliphatic heterocycles. The van der Waals surface area contributed by atoms with Crippen LogP contribution in [0.2, 0.25) is 0 Å². The van der Waals surface area contributed by atoms with Crippen LogP contribution >= 0.6 is 12.2 Å². The molecule has 1 fully saturated rings. The van der Waals surface area contributed by atoms with Crippen LogP contribution in [0.5, 0.6) is 0 Å². The first-order valence-corrected chi connectivity index (χ1v) is 7.06. The van der Waals surface area contributed by atoms with Gasteiger partial charge in [0.1, 0.15) is 10.8 Å². The molecule has 2 rings (SSSR count). The zero-order valence-electron chi connectivity index (χ0n) is 11.2. The van der Waals surface area contributed by atoms with E-state index in [1.165, 1.54) is 12.5 Å². The van der Waals surface area contributed by atoms with Crippen molar-refractivity contribution >= 4 is 22.9 Å². The van der Waals surface area contributed by atoms with E-state index in [9.17, 15) is 4.39 Å². The molecule has 3 N–H and O–H groups in total. The number of hydrogen-bond donors (Lipinski definition) is 2. The van der Waals surface area contributed by atoms with Gasteiger partial charge in [0.2, 0.25) is 0 Å². The highest BCUT2D eigenvalue weighted by Crippen LogP contribution is 2.19. The Balaban J connectivity index is 1.91. The van der Waals surface area contributed by atoms with Gasteiger partial charge in [0.05, 0.1) is 5.69 Å². The molecule has 1 aromatic carbocycles. The van der Waals surface area contributed by atoms with Crippen LogP contribution in [0.15, 0.2) is 18.2 Å². The van der Waals surface area contributed by atoms with Gasteiger partial charge >= 0.3 is 0 Å². The van der Waals surface area contributed by atoms with Gasteiger partial charge < -0.3 is 16.0 Å². The quantitative estimate of drug-likeness (QED) is 0.812. The lowest BCUT2D eigenvalue weighted by Crippen LogP contribution is -2.22. The van der Waals surface area contributed by atoms with Gasteiger partial charge in [0.15, 0.2) is 0 Å². The van der Waals surface area contributed by atoms with Crippen molar-refractivity contribution in [1.82, 2.24) is 4.90 Å². The molecule has 0 bridgehead atoms. The van der Waals surface area contributed by atoms with Crippen LogP contribution in [0.1, 0.15) is 18.9 Å². The number of halogens is 1. The summed E-state index contributed by atoms with van der Waals surface area (Å²) in [4.78, 5) is 2.64. The second-order valence-corrected chi connectivity index (χ2v) is 5.43. The number of thiocarbonyl (C=S) groups is 1. The number of hydrogen-bond acceptors (Lipinski definition) is 3. The monoisotopic (exact) mass is 281 g/mol. The molecule has 1 aromatic rings. The summed E-state index contributed by atoms with van der Waals surface area (Å²) in [6, 6.07) is 4.84. The molecule has 5 heteroatoms. The van der Waals surface area contributed by atoms with E-state index in [1.807, 2.05) is 0 Å². The molecule has 0 amide bonds. The standard InChI is InChI=1S/C14H20FN3S/c1-2-18-6-5-10(9-18)8-17-13-4-3-11(14(16)19)7-12(13)15/h3-4,7,10,17H,2,5-6,8-9H2,1H3,(H2,16,19). The Morgan fingerprint density at radius 1 is 1.58 bits per heavy atom. The molecule has 0 aliphatic carbocycles. The maximum atomic E-state index is 13.8. The van der Waals surface area contributed by atoms with Crippen molar-refractivity contribution in [2.24, 2.45) is 11.7 Å². The highest BCUT2D eigenvalue weighted by atomic mass is 32.1. The van der Waals surface area contributed by atoms with Gasteiger partial charge in [-0.2, -0.15) is 0 Å². The van der Waals surface area contributed by atoms with Crippen LogP contribution in [0.25, 0.3) is 0 Å². The molecule has 1 unspecified atom stereocenters. The third-order valence-corrected chi connectivity index (χ3v) is 3.89. The first-order chi connectivity index (χ1) is 9.10. The van der Waals surface area contributed by atoms with Crippen LogP contribution in [-0.4, -0.2) is 36.1 Å². The molecule has 0 radical (unpaired) electrons. The molecule has 1 atom stereocenters. The van der Waals surface area contributed by atoms with E-state index in [-0.39, 0.29) is 10.8 Å². The van der Waals surface area contributed by atoms with Crippen molar-refractivity contribution in [2.75, 3.05) is 31.5 Å². The molecular formula is C14H20FN3S. The van der Waals surface area contributed by atoms with E-state index in [4.69, 9.17) is 18.0 Å². The molecule has 104 valence electrons. The number of anilines is 1. The third-order valence-electron chi connectivity index (χ3n) is 3.65. The van der Waals surface area contributed by atoms with E-state index in [0.29, 0.717) is 17.2 Å². The number of nitrogens with one attached hydrogen (secondary N) is 1. The Labute approximate surface area is 119 Å². The molecule has 19 heavy (non-hydrogen) atoms. The second-order valence-electron chi connectivity index (χ2n) is 4.99. The van der Waals surface area contributed by atoms with E-state index < -0.39 is 0 Å². The minimum Gasteiger partial charge on any atom is -0.389 e. The number of benzene rings is 1. The lowest BCUT2D eigenvalue weighted by atomic mass is 10.1. The van der Waals surface area contributed by atoms with Crippen molar-refractivity contribution in [3.63, 3.8) is 0 Å². The minimum absolute atomic E-state index is 0.222. The number of nitrogens with zero attached hydrogens (tertiary/aromatic N) is 1. The largest absolute Gasteiger partial charge is 0.389 e. The lowest BCUT2D eigenvalue weighted by Gasteiger charge is -2.15. The summed E-state index contributed by atoms with van der Waals surface area (Å²) in [6.45, 7) is 6.30. The van der Waals surface area contributed by atoms with Gasteiger partial charge in [-0.3, -0.25) is 0 Å².